The summed E-state index contributed by atoms with van der Waals surface area (Å²) in [6.07, 6.45) is 6.06. The zero-order valence-corrected chi connectivity index (χ0v) is 13.3. The predicted octanol–water partition coefficient (Wildman–Crippen LogP) is 3.89. The summed E-state index contributed by atoms with van der Waals surface area (Å²) in [4.78, 5) is 0. The molecule has 0 heterocycles. The van der Waals surface area contributed by atoms with E-state index < -0.39 is 0 Å². The van der Waals surface area contributed by atoms with Crippen molar-refractivity contribution in [3.8, 4) is 5.75 Å². The lowest BCUT2D eigenvalue weighted by molar-refractivity contribution is 0.121. The Morgan fingerprint density at radius 3 is 3.00 bits per heavy atom. The lowest BCUT2D eigenvalue weighted by atomic mass is 9.85. The van der Waals surface area contributed by atoms with Crippen molar-refractivity contribution < 1.29 is 9.94 Å². The number of nitrogens with two attached hydrogens (primary N) is 1. The molecule has 5 heteroatoms. The molecular formula is C15H21BrN2O2. The topological polar surface area (TPSA) is 67.8 Å². The Labute approximate surface area is 128 Å². The van der Waals surface area contributed by atoms with Crippen LogP contribution in [-0.4, -0.2) is 17.1 Å². The number of halogens is 1. The summed E-state index contributed by atoms with van der Waals surface area (Å²) in [7, 11) is 0. The number of nitrogens with zero attached hydrogens (tertiary/aromatic N) is 1. The molecule has 2 unspecified atom stereocenters. The van der Waals surface area contributed by atoms with Crippen LogP contribution in [0.5, 0.6) is 5.75 Å². The highest BCUT2D eigenvalue weighted by molar-refractivity contribution is 9.10. The first-order valence-corrected chi connectivity index (χ1v) is 7.88. The van der Waals surface area contributed by atoms with Gasteiger partial charge in [-0.1, -0.05) is 31.0 Å². The molecule has 0 saturated heterocycles. The van der Waals surface area contributed by atoms with Gasteiger partial charge < -0.3 is 15.7 Å². The van der Waals surface area contributed by atoms with Crippen LogP contribution in [0.15, 0.2) is 27.8 Å². The number of ether oxygens (including phenoxy) is 1. The highest BCUT2D eigenvalue weighted by Gasteiger charge is 2.23. The molecule has 0 bridgehead atoms. The minimum atomic E-state index is 0.0651. The van der Waals surface area contributed by atoms with E-state index in [4.69, 9.17) is 15.7 Å². The molecule has 1 aliphatic carbocycles. The molecule has 1 aromatic rings. The Hall–Kier alpha value is -1.23. The van der Waals surface area contributed by atoms with E-state index in [1.165, 1.54) is 19.3 Å². The summed E-state index contributed by atoms with van der Waals surface area (Å²) in [6, 6.07) is 5.62. The molecule has 4 nitrogen and oxygen atoms in total. The van der Waals surface area contributed by atoms with Crippen molar-refractivity contribution in [1.82, 2.24) is 0 Å². The number of hydrogen-bond donors (Lipinski definition) is 2. The fourth-order valence-electron chi connectivity index (χ4n) is 2.80. The second-order valence-electron chi connectivity index (χ2n) is 5.28. The number of oxime groups is 1. The monoisotopic (exact) mass is 340 g/mol. The molecule has 2 atom stereocenters. The van der Waals surface area contributed by atoms with Crippen molar-refractivity contribution in [2.45, 2.75) is 45.1 Å². The molecule has 0 aliphatic heterocycles. The smallest absolute Gasteiger partial charge is 0.174 e. The molecule has 0 spiro atoms. The SMILES string of the molecule is CCC1CCCC(Oc2cccc(Br)c2/C(N)=N/O)C1. The predicted molar refractivity (Wildman–Crippen MR) is 83.3 cm³/mol. The maximum Gasteiger partial charge on any atom is 0.174 e. The van der Waals surface area contributed by atoms with Crippen LogP contribution in [-0.2, 0) is 0 Å². The normalized spacial score (nSPS) is 23.6. The molecule has 20 heavy (non-hydrogen) atoms. The Balaban J connectivity index is 2.19. The van der Waals surface area contributed by atoms with Crippen LogP contribution in [0, 0.1) is 5.92 Å². The zero-order valence-electron chi connectivity index (χ0n) is 11.7. The minimum Gasteiger partial charge on any atom is -0.490 e. The Morgan fingerprint density at radius 2 is 2.30 bits per heavy atom. The van der Waals surface area contributed by atoms with Crippen molar-refractivity contribution in [3.05, 3.63) is 28.2 Å². The number of amidine groups is 1. The van der Waals surface area contributed by atoms with Crippen molar-refractivity contribution in [2.24, 2.45) is 16.8 Å². The third-order valence-corrected chi connectivity index (χ3v) is 4.61. The van der Waals surface area contributed by atoms with Gasteiger partial charge in [-0.05, 0) is 53.2 Å². The molecule has 1 aromatic carbocycles. The molecule has 1 saturated carbocycles. The van der Waals surface area contributed by atoms with Gasteiger partial charge in [0.2, 0.25) is 0 Å². The summed E-state index contributed by atoms with van der Waals surface area (Å²) in [5, 5.41) is 12.0. The first kappa shape index (κ1) is 15.2. The third-order valence-electron chi connectivity index (χ3n) is 3.94. The largest absolute Gasteiger partial charge is 0.490 e. The van der Waals surface area contributed by atoms with E-state index in [0.717, 1.165) is 23.2 Å². The van der Waals surface area contributed by atoms with Crippen LogP contribution in [0.25, 0.3) is 0 Å². The minimum absolute atomic E-state index is 0.0651. The molecular weight excluding hydrogens is 320 g/mol. The summed E-state index contributed by atoms with van der Waals surface area (Å²) in [5.41, 5.74) is 6.36. The van der Waals surface area contributed by atoms with Gasteiger partial charge in [-0.2, -0.15) is 0 Å². The standard InChI is InChI=1S/C15H21BrN2O2/c1-2-10-5-3-6-11(9-10)20-13-8-4-7-12(16)14(13)15(17)18-19/h4,7-8,10-11,19H,2-3,5-6,9H2,1H3,(H2,17,18). The van der Waals surface area contributed by atoms with E-state index in [2.05, 4.69) is 28.0 Å². The van der Waals surface area contributed by atoms with Gasteiger partial charge in [0, 0.05) is 4.47 Å². The van der Waals surface area contributed by atoms with Crippen molar-refractivity contribution in [1.29, 1.82) is 0 Å². The fourth-order valence-corrected chi connectivity index (χ4v) is 3.35. The van der Waals surface area contributed by atoms with E-state index in [1.54, 1.807) is 0 Å². The molecule has 0 aromatic heterocycles. The summed E-state index contributed by atoms with van der Waals surface area (Å²) in [6.45, 7) is 2.23. The quantitative estimate of drug-likeness (QED) is 0.378. The van der Waals surface area contributed by atoms with E-state index in [-0.39, 0.29) is 11.9 Å². The van der Waals surface area contributed by atoms with Crippen molar-refractivity contribution >= 4 is 21.8 Å². The van der Waals surface area contributed by atoms with Crippen molar-refractivity contribution in [2.75, 3.05) is 0 Å². The molecule has 0 radical (unpaired) electrons. The Bertz CT molecular complexity index is 491. The average Bonchev–Trinajstić information content (AvgIpc) is 2.47. The average molecular weight is 341 g/mol. The van der Waals surface area contributed by atoms with E-state index in [9.17, 15) is 0 Å². The molecule has 0 amide bonds. The summed E-state index contributed by atoms with van der Waals surface area (Å²) < 4.78 is 6.89. The van der Waals surface area contributed by atoms with Crippen LogP contribution in [0.1, 0.15) is 44.6 Å². The van der Waals surface area contributed by atoms with Crippen LogP contribution in [0.3, 0.4) is 0 Å². The first-order valence-electron chi connectivity index (χ1n) is 7.08. The number of benzene rings is 1. The maximum atomic E-state index is 8.91. The lowest BCUT2D eigenvalue weighted by Crippen LogP contribution is -2.26. The number of rotatable bonds is 4. The fraction of sp³-hybridized carbons (Fsp3) is 0.533. The third kappa shape index (κ3) is 3.45. The van der Waals surface area contributed by atoms with Crippen LogP contribution >= 0.6 is 15.9 Å². The van der Waals surface area contributed by atoms with Gasteiger partial charge in [-0.25, -0.2) is 0 Å². The molecule has 1 aliphatic rings. The summed E-state index contributed by atoms with van der Waals surface area (Å²) >= 11 is 3.43. The van der Waals surface area contributed by atoms with Gasteiger partial charge in [0.15, 0.2) is 5.84 Å². The van der Waals surface area contributed by atoms with Crippen LogP contribution < -0.4 is 10.5 Å². The Morgan fingerprint density at radius 1 is 1.50 bits per heavy atom. The highest BCUT2D eigenvalue weighted by Crippen LogP contribution is 2.33. The first-order chi connectivity index (χ1) is 9.65. The number of hydrogen-bond acceptors (Lipinski definition) is 3. The van der Waals surface area contributed by atoms with Crippen LogP contribution in [0.2, 0.25) is 0 Å². The molecule has 2 rings (SSSR count). The summed E-state index contributed by atoms with van der Waals surface area (Å²) in [5.74, 6) is 1.49. The van der Waals surface area contributed by atoms with Crippen LogP contribution in [0.4, 0.5) is 0 Å². The van der Waals surface area contributed by atoms with E-state index in [1.807, 2.05) is 18.2 Å². The maximum absolute atomic E-state index is 8.91. The van der Waals surface area contributed by atoms with Gasteiger partial charge in [-0.15, -0.1) is 0 Å². The van der Waals surface area contributed by atoms with E-state index >= 15 is 0 Å². The zero-order chi connectivity index (χ0) is 14.5. The second-order valence-corrected chi connectivity index (χ2v) is 6.13. The Kier molecular flexibility index (Phi) is 5.29. The highest BCUT2D eigenvalue weighted by atomic mass is 79.9. The van der Waals surface area contributed by atoms with E-state index in [0.29, 0.717) is 11.3 Å². The second kappa shape index (κ2) is 6.97. The van der Waals surface area contributed by atoms with Gasteiger partial charge in [-0.3, -0.25) is 0 Å². The molecule has 3 N–H and O–H groups in total. The van der Waals surface area contributed by atoms with Gasteiger partial charge in [0.25, 0.3) is 0 Å². The van der Waals surface area contributed by atoms with Gasteiger partial charge in [0.05, 0.1) is 11.7 Å². The van der Waals surface area contributed by atoms with Gasteiger partial charge >= 0.3 is 0 Å². The van der Waals surface area contributed by atoms with Gasteiger partial charge in [0.1, 0.15) is 5.75 Å². The molecule has 1 fully saturated rings. The van der Waals surface area contributed by atoms with Crippen molar-refractivity contribution in [3.63, 3.8) is 0 Å². The molecule has 110 valence electrons. The lowest BCUT2D eigenvalue weighted by Gasteiger charge is -2.29.